The van der Waals surface area contributed by atoms with Crippen molar-refractivity contribution in [1.29, 1.82) is 0 Å². The summed E-state index contributed by atoms with van der Waals surface area (Å²) in [4.78, 5) is 11.6. The number of nitrogens with one attached hydrogen (secondary N) is 2. The number of hydrogen-bond donors (Lipinski definition) is 3. The number of benzene rings is 1. The summed E-state index contributed by atoms with van der Waals surface area (Å²) in [6.07, 6.45) is 0.0963. The molecular weight excluding hydrogens is 280 g/mol. The van der Waals surface area contributed by atoms with Crippen LogP contribution in [0.2, 0.25) is 0 Å². The van der Waals surface area contributed by atoms with Gasteiger partial charge in [-0.3, -0.25) is 0 Å². The molecular formula is C17H28N2O3. The summed E-state index contributed by atoms with van der Waals surface area (Å²) < 4.78 is 4.79. The Labute approximate surface area is 133 Å². The van der Waals surface area contributed by atoms with Gasteiger partial charge in [0.25, 0.3) is 0 Å². The molecule has 0 aliphatic rings. The minimum absolute atomic E-state index is 0.152. The minimum Gasteiger partial charge on any atom is -0.389 e. The van der Waals surface area contributed by atoms with Crippen LogP contribution in [0, 0.1) is 0 Å². The molecule has 0 spiro atoms. The molecule has 1 unspecified atom stereocenters. The van der Waals surface area contributed by atoms with Crippen molar-refractivity contribution < 1.29 is 14.6 Å². The van der Waals surface area contributed by atoms with Crippen LogP contribution >= 0.6 is 0 Å². The van der Waals surface area contributed by atoms with Crippen LogP contribution in [0.15, 0.2) is 24.3 Å². The van der Waals surface area contributed by atoms with E-state index in [4.69, 9.17) is 4.74 Å². The van der Waals surface area contributed by atoms with Crippen molar-refractivity contribution in [3.63, 3.8) is 0 Å². The summed E-state index contributed by atoms with van der Waals surface area (Å²) in [5.74, 6) is 0. The van der Waals surface area contributed by atoms with Gasteiger partial charge in [-0.05, 0) is 23.0 Å². The van der Waals surface area contributed by atoms with E-state index in [0.29, 0.717) is 6.54 Å². The molecule has 0 saturated heterocycles. The lowest BCUT2D eigenvalue weighted by atomic mass is 9.86. The van der Waals surface area contributed by atoms with Crippen molar-refractivity contribution in [1.82, 2.24) is 10.6 Å². The minimum atomic E-state index is -0.680. The Hall–Kier alpha value is -1.59. The Morgan fingerprint density at radius 3 is 2.41 bits per heavy atom. The number of urea groups is 1. The molecule has 0 aliphatic carbocycles. The molecule has 0 fully saturated rings. The number of aliphatic hydroxyl groups excluding tert-OH is 1. The molecule has 0 bridgehead atoms. The molecule has 0 aliphatic heterocycles. The van der Waals surface area contributed by atoms with Gasteiger partial charge in [0.05, 0.1) is 12.7 Å². The molecule has 5 heteroatoms. The fraction of sp³-hybridized carbons (Fsp3) is 0.588. The van der Waals surface area contributed by atoms with E-state index in [0.717, 1.165) is 6.42 Å². The molecule has 1 aromatic carbocycles. The van der Waals surface area contributed by atoms with E-state index in [1.165, 1.54) is 18.2 Å². The number of amides is 2. The van der Waals surface area contributed by atoms with E-state index in [-0.39, 0.29) is 24.6 Å². The van der Waals surface area contributed by atoms with Crippen molar-refractivity contribution >= 4 is 6.03 Å². The van der Waals surface area contributed by atoms with Gasteiger partial charge in [0.15, 0.2) is 0 Å². The second-order valence-corrected chi connectivity index (χ2v) is 6.44. The molecule has 0 aromatic heterocycles. The number of carbonyl (C=O) groups is 1. The maximum atomic E-state index is 11.6. The molecule has 1 aromatic rings. The number of hydrogen-bond acceptors (Lipinski definition) is 3. The second-order valence-electron chi connectivity index (χ2n) is 6.44. The van der Waals surface area contributed by atoms with Crippen LogP contribution in [0.3, 0.4) is 0 Å². The molecule has 22 heavy (non-hydrogen) atoms. The molecule has 5 nitrogen and oxygen atoms in total. The maximum Gasteiger partial charge on any atom is 0.314 e. The Kier molecular flexibility index (Phi) is 7.35. The Bertz CT molecular complexity index is 452. The number of aliphatic hydroxyl groups is 1. The lowest BCUT2D eigenvalue weighted by Gasteiger charge is -2.19. The summed E-state index contributed by atoms with van der Waals surface area (Å²) in [5, 5.41) is 14.8. The van der Waals surface area contributed by atoms with Crippen LogP contribution in [0.25, 0.3) is 0 Å². The van der Waals surface area contributed by atoms with E-state index in [9.17, 15) is 9.90 Å². The third kappa shape index (κ3) is 6.91. The molecule has 2 amide bonds. The van der Waals surface area contributed by atoms with Crippen molar-refractivity contribution in [2.75, 3.05) is 26.8 Å². The largest absolute Gasteiger partial charge is 0.389 e. The van der Waals surface area contributed by atoms with Gasteiger partial charge >= 0.3 is 6.03 Å². The van der Waals surface area contributed by atoms with E-state index in [2.05, 4.69) is 55.7 Å². The van der Waals surface area contributed by atoms with Gasteiger partial charge in [-0.25, -0.2) is 4.79 Å². The quantitative estimate of drug-likeness (QED) is 0.720. The third-order valence-corrected chi connectivity index (χ3v) is 3.38. The average Bonchev–Trinajstić information content (AvgIpc) is 2.45. The van der Waals surface area contributed by atoms with Crippen molar-refractivity contribution in [2.45, 2.75) is 38.7 Å². The molecule has 1 atom stereocenters. The van der Waals surface area contributed by atoms with Crippen LogP contribution in [-0.2, 0) is 16.6 Å². The van der Waals surface area contributed by atoms with Gasteiger partial charge in [-0.2, -0.15) is 0 Å². The van der Waals surface area contributed by atoms with Crippen LogP contribution < -0.4 is 10.6 Å². The topological polar surface area (TPSA) is 70.6 Å². The Morgan fingerprint density at radius 1 is 1.23 bits per heavy atom. The summed E-state index contributed by atoms with van der Waals surface area (Å²) in [6.45, 7) is 7.51. The second kappa shape index (κ2) is 8.76. The first-order chi connectivity index (χ1) is 10.3. The highest BCUT2D eigenvalue weighted by Gasteiger charge is 2.12. The van der Waals surface area contributed by atoms with E-state index in [1.54, 1.807) is 0 Å². The molecule has 0 saturated carbocycles. The predicted octanol–water partition coefficient (Wildman–Crippen LogP) is 1.83. The van der Waals surface area contributed by atoms with Gasteiger partial charge in [-0.15, -0.1) is 0 Å². The average molecular weight is 308 g/mol. The van der Waals surface area contributed by atoms with Crippen molar-refractivity contribution in [2.24, 2.45) is 0 Å². The predicted molar refractivity (Wildman–Crippen MR) is 88.1 cm³/mol. The first-order valence-corrected chi connectivity index (χ1v) is 7.61. The first kappa shape index (κ1) is 18.5. The van der Waals surface area contributed by atoms with Crippen LogP contribution in [0.5, 0.6) is 0 Å². The normalized spacial score (nSPS) is 12.8. The van der Waals surface area contributed by atoms with Crippen LogP contribution in [0.4, 0.5) is 4.79 Å². The molecule has 0 heterocycles. The number of carbonyl (C=O) groups excluding carboxylic acids is 1. The monoisotopic (exact) mass is 308 g/mol. The molecule has 3 N–H and O–H groups in total. The van der Waals surface area contributed by atoms with Gasteiger partial charge in [0, 0.05) is 20.2 Å². The van der Waals surface area contributed by atoms with Gasteiger partial charge in [0.2, 0.25) is 0 Å². The summed E-state index contributed by atoms with van der Waals surface area (Å²) in [6, 6.07) is 8.19. The lowest BCUT2D eigenvalue weighted by Crippen LogP contribution is -2.41. The smallest absolute Gasteiger partial charge is 0.314 e. The summed E-state index contributed by atoms with van der Waals surface area (Å²) >= 11 is 0. The molecule has 124 valence electrons. The summed E-state index contributed by atoms with van der Waals surface area (Å²) in [5.41, 5.74) is 2.64. The number of methoxy groups -OCH3 is 1. The van der Waals surface area contributed by atoms with Crippen molar-refractivity contribution in [3.05, 3.63) is 35.4 Å². The highest BCUT2D eigenvalue weighted by molar-refractivity contribution is 5.73. The van der Waals surface area contributed by atoms with E-state index >= 15 is 0 Å². The fourth-order valence-corrected chi connectivity index (χ4v) is 2.02. The summed E-state index contributed by atoms with van der Waals surface area (Å²) in [7, 11) is 1.51. The first-order valence-electron chi connectivity index (χ1n) is 7.61. The standard InChI is InChI=1S/C17H28N2O3/c1-17(2,3)14-7-5-13(6-8-14)9-10-18-16(21)19-11-15(20)12-22-4/h5-8,15,20H,9-12H2,1-4H3,(H2,18,19,21). The van der Waals surface area contributed by atoms with Gasteiger partial charge in [-0.1, -0.05) is 45.0 Å². The van der Waals surface area contributed by atoms with Gasteiger partial charge < -0.3 is 20.5 Å². The highest BCUT2D eigenvalue weighted by Crippen LogP contribution is 2.22. The van der Waals surface area contributed by atoms with Crippen LogP contribution in [-0.4, -0.2) is 44.0 Å². The zero-order valence-electron chi connectivity index (χ0n) is 14.0. The van der Waals surface area contributed by atoms with E-state index in [1.807, 2.05) is 0 Å². The number of ether oxygens (including phenoxy) is 1. The van der Waals surface area contributed by atoms with Gasteiger partial charge in [0.1, 0.15) is 0 Å². The SMILES string of the molecule is COCC(O)CNC(=O)NCCc1ccc(C(C)(C)C)cc1. The van der Waals surface area contributed by atoms with Crippen LogP contribution in [0.1, 0.15) is 31.9 Å². The highest BCUT2D eigenvalue weighted by atomic mass is 16.5. The molecule has 0 radical (unpaired) electrons. The Morgan fingerprint density at radius 2 is 1.86 bits per heavy atom. The maximum absolute atomic E-state index is 11.6. The molecule has 1 rings (SSSR count). The Balaban J connectivity index is 2.28. The fourth-order valence-electron chi connectivity index (χ4n) is 2.02. The number of rotatable bonds is 7. The van der Waals surface area contributed by atoms with E-state index < -0.39 is 6.10 Å². The van der Waals surface area contributed by atoms with Crippen molar-refractivity contribution in [3.8, 4) is 0 Å². The zero-order chi connectivity index (χ0) is 16.6. The third-order valence-electron chi connectivity index (χ3n) is 3.38. The zero-order valence-corrected chi connectivity index (χ0v) is 14.0. The lowest BCUT2D eigenvalue weighted by molar-refractivity contribution is 0.0660.